The zero-order valence-corrected chi connectivity index (χ0v) is 16.4. The van der Waals surface area contributed by atoms with E-state index in [0.717, 1.165) is 0 Å². The van der Waals surface area contributed by atoms with Crippen LogP contribution in [0.5, 0.6) is 0 Å². The fraction of sp³-hybridized carbons (Fsp3) is 0.688. The van der Waals surface area contributed by atoms with Gasteiger partial charge in [-0.1, -0.05) is 25.7 Å². The molecule has 1 aliphatic rings. The third-order valence-corrected chi connectivity index (χ3v) is 5.64. The highest BCUT2D eigenvalue weighted by atomic mass is 35.5. The van der Waals surface area contributed by atoms with Crippen LogP contribution >= 0.6 is 12.4 Å². The minimum Gasteiger partial charge on any atom is -0.448 e. The molecule has 1 fully saturated rings. The zero-order valence-electron chi connectivity index (χ0n) is 14.8. The van der Waals surface area contributed by atoms with Gasteiger partial charge in [0.25, 0.3) is 15.9 Å². The van der Waals surface area contributed by atoms with Crippen molar-refractivity contribution in [2.24, 2.45) is 0 Å². The molecule has 3 N–H and O–H groups in total. The summed E-state index contributed by atoms with van der Waals surface area (Å²) in [5.74, 6) is -0.0329. The first kappa shape index (κ1) is 22.0. The van der Waals surface area contributed by atoms with Gasteiger partial charge in [0.2, 0.25) is 5.09 Å². The molecule has 9 heteroatoms. The Balaban J connectivity index is 0.00000312. The summed E-state index contributed by atoms with van der Waals surface area (Å²) in [4.78, 5) is 12.2. The van der Waals surface area contributed by atoms with Gasteiger partial charge in [0.15, 0.2) is 0 Å². The van der Waals surface area contributed by atoms with Gasteiger partial charge in [0.05, 0.1) is 5.56 Å². The number of hydrogen-bond acceptors (Lipinski definition) is 5. The van der Waals surface area contributed by atoms with Crippen LogP contribution in [0.3, 0.4) is 0 Å². The van der Waals surface area contributed by atoms with Crippen molar-refractivity contribution < 1.29 is 17.6 Å². The quantitative estimate of drug-likeness (QED) is 0.485. The lowest BCUT2D eigenvalue weighted by molar-refractivity contribution is 0.0952. The third kappa shape index (κ3) is 6.29. The van der Waals surface area contributed by atoms with Gasteiger partial charge in [-0.25, -0.2) is 13.1 Å². The number of furan rings is 1. The van der Waals surface area contributed by atoms with Crippen LogP contribution in [-0.4, -0.2) is 40.5 Å². The molecule has 144 valence electrons. The van der Waals surface area contributed by atoms with Crippen molar-refractivity contribution in [2.45, 2.75) is 56.6 Å². The summed E-state index contributed by atoms with van der Waals surface area (Å²) in [5, 5.41) is 6.03. The van der Waals surface area contributed by atoms with Gasteiger partial charge in [0, 0.05) is 25.2 Å². The van der Waals surface area contributed by atoms with Crippen LogP contribution in [0, 0.1) is 6.92 Å². The van der Waals surface area contributed by atoms with Gasteiger partial charge in [-0.05, 0) is 26.8 Å². The van der Waals surface area contributed by atoms with E-state index in [1.165, 1.54) is 51.6 Å². The monoisotopic (exact) mass is 393 g/mol. The van der Waals surface area contributed by atoms with Gasteiger partial charge >= 0.3 is 0 Å². The van der Waals surface area contributed by atoms with Crippen molar-refractivity contribution in [1.29, 1.82) is 0 Å². The number of sulfonamides is 1. The second kappa shape index (κ2) is 10.2. The largest absolute Gasteiger partial charge is 0.448 e. The summed E-state index contributed by atoms with van der Waals surface area (Å²) < 4.78 is 30.8. The second-order valence-electron chi connectivity index (χ2n) is 6.14. The molecule has 1 aromatic heterocycles. The van der Waals surface area contributed by atoms with Crippen LogP contribution < -0.4 is 15.4 Å². The fourth-order valence-electron chi connectivity index (χ4n) is 2.94. The third-order valence-electron chi connectivity index (χ3n) is 4.37. The highest BCUT2D eigenvalue weighted by Crippen LogP contribution is 2.19. The molecule has 1 heterocycles. The van der Waals surface area contributed by atoms with E-state index in [9.17, 15) is 13.2 Å². The molecule has 0 unspecified atom stereocenters. The molecule has 0 aromatic carbocycles. The standard InChI is InChI=1S/C16H27N3O4S.ClH/c1-12-14(11-15(23-12)24(21,22)17-2)16(20)19-10-9-18-13-7-5-3-4-6-8-13;/h11,13,17-18H,3-10H2,1-2H3,(H,19,20);1H. The molecule has 2 rings (SSSR count). The van der Waals surface area contributed by atoms with Crippen LogP contribution in [-0.2, 0) is 10.0 Å². The summed E-state index contributed by atoms with van der Waals surface area (Å²) in [6.45, 7) is 2.77. The molecule has 1 aromatic rings. The molecule has 0 spiro atoms. The van der Waals surface area contributed by atoms with Crippen molar-refractivity contribution in [1.82, 2.24) is 15.4 Å². The first-order valence-electron chi connectivity index (χ1n) is 8.49. The highest BCUT2D eigenvalue weighted by molar-refractivity contribution is 7.89. The summed E-state index contributed by atoms with van der Waals surface area (Å²) in [6.07, 6.45) is 7.54. The maximum atomic E-state index is 12.2. The molecule has 0 saturated heterocycles. The van der Waals surface area contributed by atoms with Crippen molar-refractivity contribution in [2.75, 3.05) is 20.1 Å². The van der Waals surface area contributed by atoms with Gasteiger partial charge < -0.3 is 15.1 Å². The lowest BCUT2D eigenvalue weighted by atomic mass is 10.1. The average Bonchev–Trinajstić information content (AvgIpc) is 2.79. The number of halogens is 1. The Morgan fingerprint density at radius 1 is 1.20 bits per heavy atom. The summed E-state index contributed by atoms with van der Waals surface area (Å²) in [7, 11) is -2.39. The van der Waals surface area contributed by atoms with E-state index in [-0.39, 0.29) is 34.7 Å². The van der Waals surface area contributed by atoms with Gasteiger partial charge in [0.1, 0.15) is 5.76 Å². The first-order chi connectivity index (χ1) is 11.4. The Morgan fingerprint density at radius 2 is 1.84 bits per heavy atom. The topological polar surface area (TPSA) is 100 Å². The smallest absolute Gasteiger partial charge is 0.273 e. The lowest BCUT2D eigenvalue weighted by Crippen LogP contribution is -2.36. The van der Waals surface area contributed by atoms with E-state index in [0.29, 0.717) is 19.1 Å². The van der Waals surface area contributed by atoms with Gasteiger partial charge in [-0.2, -0.15) is 0 Å². The highest BCUT2D eigenvalue weighted by Gasteiger charge is 2.22. The molecule has 0 atom stereocenters. The Bertz CT molecular complexity index is 652. The zero-order chi connectivity index (χ0) is 17.6. The molecule has 1 saturated carbocycles. The second-order valence-corrected chi connectivity index (χ2v) is 7.96. The van der Waals surface area contributed by atoms with Gasteiger partial charge in [-0.3, -0.25) is 4.79 Å². The molecule has 0 aliphatic heterocycles. The van der Waals surface area contributed by atoms with Crippen molar-refractivity contribution in [3.8, 4) is 0 Å². The molecular weight excluding hydrogens is 366 g/mol. The Morgan fingerprint density at radius 3 is 2.44 bits per heavy atom. The van der Waals surface area contributed by atoms with Crippen molar-refractivity contribution in [3.05, 3.63) is 17.4 Å². The van der Waals surface area contributed by atoms with Crippen LogP contribution in [0.15, 0.2) is 15.6 Å². The summed E-state index contributed by atoms with van der Waals surface area (Å²) in [5.41, 5.74) is 0.248. The minimum atomic E-state index is -3.69. The summed E-state index contributed by atoms with van der Waals surface area (Å²) in [6, 6.07) is 1.79. The Hall–Kier alpha value is -1.09. The van der Waals surface area contributed by atoms with Gasteiger partial charge in [-0.15, -0.1) is 12.4 Å². The SMILES string of the molecule is CNS(=O)(=O)c1cc(C(=O)NCCNC2CCCCCC2)c(C)o1.Cl. The Labute approximate surface area is 155 Å². The molecule has 25 heavy (non-hydrogen) atoms. The number of carbonyl (C=O) groups is 1. The maximum absolute atomic E-state index is 12.2. The first-order valence-corrected chi connectivity index (χ1v) is 9.98. The molecule has 1 amide bonds. The van der Waals surface area contributed by atoms with Crippen molar-refractivity contribution >= 4 is 28.3 Å². The van der Waals surface area contributed by atoms with Crippen LogP contribution in [0.25, 0.3) is 0 Å². The maximum Gasteiger partial charge on any atom is 0.273 e. The van der Waals surface area contributed by atoms with E-state index in [1.807, 2.05) is 0 Å². The normalized spacial score (nSPS) is 16.1. The van der Waals surface area contributed by atoms with E-state index in [4.69, 9.17) is 4.42 Å². The van der Waals surface area contributed by atoms with Crippen molar-refractivity contribution in [3.63, 3.8) is 0 Å². The number of nitrogens with one attached hydrogen (secondary N) is 3. The number of hydrogen-bond donors (Lipinski definition) is 3. The van der Waals surface area contributed by atoms with E-state index >= 15 is 0 Å². The predicted octanol–water partition coefficient (Wildman–Crippen LogP) is 1.96. The summed E-state index contributed by atoms with van der Waals surface area (Å²) >= 11 is 0. The molecule has 7 nitrogen and oxygen atoms in total. The lowest BCUT2D eigenvalue weighted by Gasteiger charge is -2.16. The number of carbonyl (C=O) groups excluding carboxylic acids is 1. The Kier molecular flexibility index (Phi) is 8.92. The minimum absolute atomic E-state index is 0. The number of aryl methyl sites for hydroxylation is 1. The number of rotatable bonds is 7. The molecule has 1 aliphatic carbocycles. The van der Waals surface area contributed by atoms with E-state index in [2.05, 4.69) is 15.4 Å². The average molecular weight is 394 g/mol. The predicted molar refractivity (Wildman–Crippen MR) is 98.8 cm³/mol. The molecular formula is C16H28ClN3O4S. The van der Waals surface area contributed by atoms with Crippen LogP contribution in [0.2, 0.25) is 0 Å². The molecule has 0 bridgehead atoms. The molecule has 0 radical (unpaired) electrons. The van der Waals surface area contributed by atoms with Crippen LogP contribution in [0.4, 0.5) is 0 Å². The van der Waals surface area contributed by atoms with E-state index in [1.54, 1.807) is 6.92 Å². The van der Waals surface area contributed by atoms with Crippen LogP contribution in [0.1, 0.15) is 54.6 Å². The van der Waals surface area contributed by atoms with E-state index < -0.39 is 10.0 Å². The fourth-order valence-corrected chi connectivity index (χ4v) is 3.65. The number of amides is 1.